The van der Waals surface area contributed by atoms with Gasteiger partial charge in [-0.25, -0.2) is 0 Å². The lowest BCUT2D eigenvalue weighted by Crippen LogP contribution is -2.18. The maximum atomic E-state index is 5.97. The van der Waals surface area contributed by atoms with E-state index in [2.05, 4.69) is 128 Å². The molecule has 0 fully saturated rings. The van der Waals surface area contributed by atoms with Crippen LogP contribution < -0.4 is 14.2 Å². The molecule has 54 heavy (non-hydrogen) atoms. The highest BCUT2D eigenvalue weighted by atomic mass is 16.5. The molecule has 3 nitrogen and oxygen atoms in total. The van der Waals surface area contributed by atoms with Gasteiger partial charge in [-0.15, -0.1) is 0 Å². The third-order valence-electron chi connectivity index (χ3n) is 9.16. The number of aryl methyl sites for hydroxylation is 6. The Balaban J connectivity index is 0.000000199. The van der Waals surface area contributed by atoms with Crippen molar-refractivity contribution in [3.63, 3.8) is 0 Å². The Bertz CT molecular complexity index is 1990. The van der Waals surface area contributed by atoms with Crippen LogP contribution >= 0.6 is 0 Å². The van der Waals surface area contributed by atoms with E-state index in [0.717, 1.165) is 34.5 Å². The first-order valence-electron chi connectivity index (χ1n) is 18.5. The average Bonchev–Trinajstić information content (AvgIpc) is 3.17. The third-order valence-corrected chi connectivity index (χ3v) is 9.16. The van der Waals surface area contributed by atoms with E-state index in [1.165, 1.54) is 44.5 Å². The van der Waals surface area contributed by atoms with Crippen LogP contribution in [0.1, 0.15) is 58.4 Å². The van der Waals surface area contributed by atoms with Crippen LogP contribution in [-0.4, -0.2) is 0 Å². The molecule has 0 saturated carbocycles. The molecule has 0 amide bonds. The number of benzene rings is 7. The topological polar surface area (TPSA) is 27.7 Å². The van der Waals surface area contributed by atoms with Crippen LogP contribution in [0.15, 0.2) is 170 Å². The fraction of sp³-hybridized carbons (Fsp3) is 0.176. The van der Waals surface area contributed by atoms with E-state index in [4.69, 9.17) is 14.2 Å². The lowest BCUT2D eigenvalue weighted by Gasteiger charge is -2.26. The second-order valence-electron chi connectivity index (χ2n) is 14.4. The molecule has 0 N–H and O–H groups in total. The minimum atomic E-state index is -0.134. The monoisotopic (exact) mass is 712 g/mol. The summed E-state index contributed by atoms with van der Waals surface area (Å²) < 4.78 is 17.6. The molecule has 0 saturated heterocycles. The van der Waals surface area contributed by atoms with Crippen molar-refractivity contribution in [2.75, 3.05) is 0 Å². The van der Waals surface area contributed by atoms with Crippen molar-refractivity contribution in [2.45, 2.75) is 60.8 Å². The summed E-state index contributed by atoms with van der Waals surface area (Å²) in [6.07, 6.45) is 0. The lowest BCUT2D eigenvalue weighted by molar-refractivity contribution is 0.481. The summed E-state index contributed by atoms with van der Waals surface area (Å²) in [5.74, 6) is 5.13. The smallest absolute Gasteiger partial charge is 0.127 e. The zero-order valence-corrected chi connectivity index (χ0v) is 32.9. The lowest BCUT2D eigenvalue weighted by atomic mass is 9.78. The van der Waals surface area contributed by atoms with E-state index in [1.54, 1.807) is 0 Å². The summed E-state index contributed by atoms with van der Waals surface area (Å²) >= 11 is 0. The molecule has 0 radical (unpaired) electrons. The van der Waals surface area contributed by atoms with E-state index in [0.29, 0.717) is 0 Å². The minimum Gasteiger partial charge on any atom is -0.457 e. The van der Waals surface area contributed by atoms with E-state index in [-0.39, 0.29) is 5.41 Å². The first kappa shape index (κ1) is 39.2. The molecule has 7 aromatic carbocycles. The van der Waals surface area contributed by atoms with Crippen LogP contribution in [-0.2, 0) is 5.41 Å². The van der Waals surface area contributed by atoms with E-state index in [1.807, 2.05) is 97.1 Å². The van der Waals surface area contributed by atoms with Crippen molar-refractivity contribution in [2.24, 2.45) is 0 Å². The van der Waals surface area contributed by atoms with E-state index in [9.17, 15) is 0 Å². The molecular weight excluding hydrogens is 661 g/mol. The molecule has 0 aromatic heterocycles. The molecule has 7 rings (SSSR count). The van der Waals surface area contributed by atoms with Gasteiger partial charge in [0.1, 0.15) is 34.5 Å². The highest BCUT2D eigenvalue weighted by Crippen LogP contribution is 2.35. The molecular formula is C51H52O3. The maximum absolute atomic E-state index is 5.97. The number of hydrogen-bond acceptors (Lipinski definition) is 3. The molecule has 274 valence electrons. The Hall–Kier alpha value is -6.06. The highest BCUT2D eigenvalue weighted by Gasteiger charge is 2.23. The standard InChI is InChI=1S/C29H28O2.C14H14O.C8H10/c1-21-5-13-25(14-6-21)30-27-17-9-23(10-18-27)29(3,4)24-11-19-28(20-12-24)31-26-15-7-22(2)8-16-26;1-11-3-7-13(8-4-11)15-14-9-5-12(2)6-10-14;1-7-3-5-8(2)6-4-7/h5-20H,1-4H3;3-10H,1-2H3;3-6H,1-2H3. The summed E-state index contributed by atoms with van der Waals surface area (Å²) in [4.78, 5) is 0. The summed E-state index contributed by atoms with van der Waals surface area (Å²) in [6, 6.07) is 57.5. The number of ether oxygens (including phenoxy) is 3. The van der Waals surface area contributed by atoms with Crippen molar-refractivity contribution < 1.29 is 14.2 Å². The van der Waals surface area contributed by atoms with Crippen LogP contribution in [0, 0.1) is 41.5 Å². The molecule has 0 spiro atoms. The van der Waals surface area contributed by atoms with Gasteiger partial charge >= 0.3 is 0 Å². The molecule has 3 heteroatoms. The molecule has 0 aliphatic carbocycles. The van der Waals surface area contributed by atoms with Crippen LogP contribution in [0.25, 0.3) is 0 Å². The number of hydrogen-bond donors (Lipinski definition) is 0. The van der Waals surface area contributed by atoms with Gasteiger partial charge in [0.2, 0.25) is 0 Å². The highest BCUT2D eigenvalue weighted by molar-refractivity contribution is 5.44. The molecule has 7 aromatic rings. The van der Waals surface area contributed by atoms with Crippen molar-refractivity contribution in [3.05, 3.63) is 214 Å². The first-order valence-corrected chi connectivity index (χ1v) is 18.5. The predicted octanol–water partition coefficient (Wildman–Crippen LogP) is 14.6. The molecule has 0 aliphatic heterocycles. The number of rotatable bonds is 8. The molecule has 0 heterocycles. The van der Waals surface area contributed by atoms with Crippen LogP contribution in [0.4, 0.5) is 0 Å². The quantitative estimate of drug-likeness (QED) is 0.157. The van der Waals surface area contributed by atoms with Crippen LogP contribution in [0.5, 0.6) is 34.5 Å². The van der Waals surface area contributed by atoms with Gasteiger partial charge in [0.15, 0.2) is 0 Å². The van der Waals surface area contributed by atoms with Gasteiger partial charge in [-0.2, -0.15) is 0 Å². The van der Waals surface area contributed by atoms with E-state index >= 15 is 0 Å². The van der Waals surface area contributed by atoms with E-state index < -0.39 is 0 Å². The fourth-order valence-corrected chi connectivity index (χ4v) is 5.52. The SMILES string of the molecule is Cc1ccc(C)cc1.Cc1ccc(Oc2ccc(C(C)(C)c3ccc(Oc4ccc(C)cc4)cc3)cc2)cc1.Cc1ccc(Oc2ccc(C)cc2)cc1. The van der Waals surface area contributed by atoms with Crippen LogP contribution in [0.2, 0.25) is 0 Å². The Morgan fingerprint density at radius 1 is 0.241 bits per heavy atom. The summed E-state index contributed by atoms with van der Waals surface area (Å²) in [7, 11) is 0. The fourth-order valence-electron chi connectivity index (χ4n) is 5.52. The van der Waals surface area contributed by atoms with Gasteiger partial charge in [-0.3, -0.25) is 0 Å². The largest absolute Gasteiger partial charge is 0.457 e. The average molecular weight is 713 g/mol. The predicted molar refractivity (Wildman–Crippen MR) is 226 cm³/mol. The maximum Gasteiger partial charge on any atom is 0.127 e. The molecule has 0 aliphatic rings. The Morgan fingerprint density at radius 2 is 0.389 bits per heavy atom. The van der Waals surface area contributed by atoms with Crippen LogP contribution in [0.3, 0.4) is 0 Å². The van der Waals surface area contributed by atoms with Crippen molar-refractivity contribution >= 4 is 0 Å². The Kier molecular flexibility index (Phi) is 13.5. The van der Waals surface area contributed by atoms with Gasteiger partial charge in [0.05, 0.1) is 0 Å². The summed E-state index contributed by atoms with van der Waals surface area (Å²) in [6.45, 7) is 16.9. The molecule has 0 atom stereocenters. The van der Waals surface area contributed by atoms with Gasteiger partial charge in [0.25, 0.3) is 0 Å². The summed E-state index contributed by atoms with van der Waals surface area (Å²) in [5, 5.41) is 0. The summed E-state index contributed by atoms with van der Waals surface area (Å²) in [5.41, 5.74) is 9.92. The van der Waals surface area contributed by atoms with Gasteiger partial charge in [-0.1, -0.05) is 144 Å². The Labute approximate surface area is 322 Å². The second-order valence-corrected chi connectivity index (χ2v) is 14.4. The normalized spacial score (nSPS) is 10.6. The molecule has 0 bridgehead atoms. The van der Waals surface area contributed by atoms with Crippen molar-refractivity contribution in [1.82, 2.24) is 0 Å². The molecule has 0 unspecified atom stereocenters. The first-order chi connectivity index (χ1) is 25.9. The zero-order valence-electron chi connectivity index (χ0n) is 32.9. The van der Waals surface area contributed by atoms with Gasteiger partial charge in [-0.05, 0) is 125 Å². The van der Waals surface area contributed by atoms with Gasteiger partial charge < -0.3 is 14.2 Å². The van der Waals surface area contributed by atoms with Crippen molar-refractivity contribution in [1.29, 1.82) is 0 Å². The minimum absolute atomic E-state index is 0.134. The second kappa shape index (κ2) is 18.6. The third kappa shape index (κ3) is 12.0. The Morgan fingerprint density at radius 3 is 0.574 bits per heavy atom. The zero-order chi connectivity index (χ0) is 38.5. The van der Waals surface area contributed by atoms with Crippen molar-refractivity contribution in [3.8, 4) is 34.5 Å². The van der Waals surface area contributed by atoms with Gasteiger partial charge in [0, 0.05) is 5.41 Å².